The lowest BCUT2D eigenvalue weighted by molar-refractivity contribution is -0.111. The molecule has 1 heterocycles. The van der Waals surface area contributed by atoms with Crippen LogP contribution >= 0.6 is 12.2 Å². The van der Waals surface area contributed by atoms with Crippen molar-refractivity contribution < 1.29 is 14.3 Å². The van der Waals surface area contributed by atoms with Gasteiger partial charge in [-0.2, -0.15) is 0 Å². The zero-order valence-corrected chi connectivity index (χ0v) is 17.4. The molecule has 2 aromatic carbocycles. The number of amides is 1. The number of anilines is 1. The predicted molar refractivity (Wildman–Crippen MR) is 116 cm³/mol. The van der Waals surface area contributed by atoms with Gasteiger partial charge in [0.1, 0.15) is 17.2 Å². The maximum atomic E-state index is 13.0. The van der Waals surface area contributed by atoms with Gasteiger partial charge in [-0.3, -0.25) is 9.69 Å². The number of ether oxygens (including phenoxy) is 2. The largest absolute Gasteiger partial charge is 0.494 e. The molecule has 0 atom stereocenters. The Hall–Kier alpha value is -2.73. The second-order valence-corrected chi connectivity index (χ2v) is 6.93. The van der Waals surface area contributed by atoms with Crippen molar-refractivity contribution in [1.29, 1.82) is 0 Å². The standard InChI is InChI=1S/C22H24N2O3S/c1-5-26-18-10-8-16(20(13-18)27-6-2)12-19-21(25)24(22(28)23-19)17-9-7-14(3)15(4)11-17/h7-11,13H,5-6,12H2,1-4H3. The molecule has 0 N–H and O–H groups in total. The summed E-state index contributed by atoms with van der Waals surface area (Å²) >= 11 is 5.37. The van der Waals surface area contributed by atoms with E-state index in [4.69, 9.17) is 21.7 Å². The Balaban J connectivity index is 1.85. The van der Waals surface area contributed by atoms with Crippen molar-refractivity contribution in [3.63, 3.8) is 0 Å². The van der Waals surface area contributed by atoms with Gasteiger partial charge in [0, 0.05) is 18.1 Å². The zero-order chi connectivity index (χ0) is 20.3. The highest BCUT2D eigenvalue weighted by molar-refractivity contribution is 7.80. The van der Waals surface area contributed by atoms with Crippen molar-refractivity contribution in [2.45, 2.75) is 34.1 Å². The van der Waals surface area contributed by atoms with Gasteiger partial charge in [-0.05, 0) is 69.2 Å². The van der Waals surface area contributed by atoms with Gasteiger partial charge in [0.15, 0.2) is 0 Å². The van der Waals surface area contributed by atoms with Crippen molar-refractivity contribution >= 4 is 34.6 Å². The fourth-order valence-electron chi connectivity index (χ4n) is 3.04. The SMILES string of the molecule is CCOc1ccc(CC2=NC(=S)N(c3ccc(C)c(C)c3)C2=O)c(OCC)c1. The molecule has 0 bridgehead atoms. The number of hydrogen-bond acceptors (Lipinski definition) is 4. The molecule has 0 aromatic heterocycles. The minimum Gasteiger partial charge on any atom is -0.494 e. The smallest absolute Gasteiger partial charge is 0.279 e. The first-order chi connectivity index (χ1) is 13.4. The van der Waals surface area contributed by atoms with E-state index in [9.17, 15) is 4.79 Å². The van der Waals surface area contributed by atoms with Crippen molar-refractivity contribution in [2.75, 3.05) is 18.1 Å². The molecule has 0 radical (unpaired) electrons. The number of aryl methyl sites for hydroxylation is 2. The molecule has 0 fully saturated rings. The summed E-state index contributed by atoms with van der Waals surface area (Å²) < 4.78 is 11.3. The van der Waals surface area contributed by atoms with Crippen LogP contribution in [-0.2, 0) is 11.2 Å². The van der Waals surface area contributed by atoms with Gasteiger partial charge in [0.25, 0.3) is 5.91 Å². The van der Waals surface area contributed by atoms with Crippen LogP contribution in [0.4, 0.5) is 5.69 Å². The summed E-state index contributed by atoms with van der Waals surface area (Å²) in [5.41, 5.74) is 4.30. The molecule has 0 unspecified atom stereocenters. The highest BCUT2D eigenvalue weighted by Crippen LogP contribution is 2.28. The van der Waals surface area contributed by atoms with Gasteiger partial charge in [0.2, 0.25) is 5.11 Å². The Bertz CT molecular complexity index is 953. The van der Waals surface area contributed by atoms with Crippen LogP contribution in [0, 0.1) is 13.8 Å². The van der Waals surface area contributed by atoms with Crippen LogP contribution in [0.25, 0.3) is 0 Å². The van der Waals surface area contributed by atoms with E-state index in [-0.39, 0.29) is 11.0 Å². The molecule has 146 valence electrons. The van der Waals surface area contributed by atoms with Gasteiger partial charge in [-0.15, -0.1) is 0 Å². The minimum atomic E-state index is -0.190. The molecule has 1 amide bonds. The normalized spacial score (nSPS) is 13.7. The van der Waals surface area contributed by atoms with Crippen molar-refractivity contribution in [3.05, 3.63) is 53.1 Å². The molecule has 1 aliphatic rings. The van der Waals surface area contributed by atoms with E-state index in [1.54, 1.807) is 0 Å². The Morgan fingerprint density at radius 2 is 1.75 bits per heavy atom. The van der Waals surface area contributed by atoms with Crippen molar-refractivity contribution in [1.82, 2.24) is 0 Å². The predicted octanol–water partition coefficient (Wildman–Crippen LogP) is 4.42. The first-order valence-electron chi connectivity index (χ1n) is 9.36. The summed E-state index contributed by atoms with van der Waals surface area (Å²) in [6.45, 7) is 9.00. The van der Waals surface area contributed by atoms with E-state index in [0.29, 0.717) is 31.1 Å². The lowest BCUT2D eigenvalue weighted by Crippen LogP contribution is -2.33. The maximum absolute atomic E-state index is 13.0. The Labute approximate surface area is 171 Å². The third kappa shape index (κ3) is 4.07. The zero-order valence-electron chi connectivity index (χ0n) is 16.6. The molecule has 6 heteroatoms. The number of thiocarbonyl (C=S) groups is 1. The second kappa shape index (κ2) is 8.52. The summed E-state index contributed by atoms with van der Waals surface area (Å²) in [6, 6.07) is 11.5. The molecule has 0 saturated heterocycles. The first-order valence-corrected chi connectivity index (χ1v) is 9.77. The van der Waals surface area contributed by atoms with Crippen LogP contribution in [0.2, 0.25) is 0 Å². The van der Waals surface area contributed by atoms with Crippen molar-refractivity contribution in [2.24, 2.45) is 4.99 Å². The van der Waals surface area contributed by atoms with E-state index in [1.165, 1.54) is 10.5 Å². The third-order valence-corrected chi connectivity index (χ3v) is 4.90. The van der Waals surface area contributed by atoms with E-state index in [0.717, 1.165) is 22.6 Å². The summed E-state index contributed by atoms with van der Waals surface area (Å²) in [4.78, 5) is 18.9. The Morgan fingerprint density at radius 3 is 2.43 bits per heavy atom. The molecule has 5 nitrogen and oxygen atoms in total. The topological polar surface area (TPSA) is 51.1 Å². The molecule has 0 spiro atoms. The van der Waals surface area contributed by atoms with Gasteiger partial charge >= 0.3 is 0 Å². The molecule has 0 saturated carbocycles. The van der Waals surface area contributed by atoms with Crippen molar-refractivity contribution in [3.8, 4) is 11.5 Å². The fourth-order valence-corrected chi connectivity index (χ4v) is 3.34. The van der Waals surface area contributed by atoms with Gasteiger partial charge in [0.05, 0.1) is 18.9 Å². The van der Waals surface area contributed by atoms with Gasteiger partial charge in [-0.25, -0.2) is 4.99 Å². The maximum Gasteiger partial charge on any atom is 0.279 e. The summed E-state index contributed by atoms with van der Waals surface area (Å²) in [5, 5.41) is 0.271. The third-order valence-electron chi connectivity index (χ3n) is 4.63. The molecule has 1 aliphatic heterocycles. The average Bonchev–Trinajstić information content (AvgIpc) is 2.93. The van der Waals surface area contributed by atoms with Crippen LogP contribution < -0.4 is 14.4 Å². The lowest BCUT2D eigenvalue weighted by Gasteiger charge is -2.17. The van der Waals surface area contributed by atoms with Crippen LogP contribution in [0.3, 0.4) is 0 Å². The highest BCUT2D eigenvalue weighted by atomic mass is 32.1. The first kappa shape index (κ1) is 20.0. The van der Waals surface area contributed by atoms with Gasteiger partial charge < -0.3 is 9.47 Å². The van der Waals surface area contributed by atoms with E-state index < -0.39 is 0 Å². The fraction of sp³-hybridized carbons (Fsp3) is 0.318. The van der Waals surface area contributed by atoms with Crippen LogP contribution in [0.1, 0.15) is 30.5 Å². The summed E-state index contributed by atoms with van der Waals surface area (Å²) in [5.74, 6) is 1.24. The number of benzene rings is 2. The molecule has 0 aliphatic carbocycles. The van der Waals surface area contributed by atoms with E-state index >= 15 is 0 Å². The van der Waals surface area contributed by atoms with E-state index in [2.05, 4.69) is 4.99 Å². The Kier molecular flexibility index (Phi) is 6.09. The van der Waals surface area contributed by atoms with Gasteiger partial charge in [-0.1, -0.05) is 12.1 Å². The van der Waals surface area contributed by atoms with Crippen LogP contribution in [0.5, 0.6) is 11.5 Å². The minimum absolute atomic E-state index is 0.190. The number of rotatable bonds is 7. The lowest BCUT2D eigenvalue weighted by atomic mass is 10.1. The Morgan fingerprint density at radius 1 is 1.00 bits per heavy atom. The summed E-state index contributed by atoms with van der Waals surface area (Å²) in [7, 11) is 0. The van der Waals surface area contributed by atoms with Crippen LogP contribution in [-0.4, -0.2) is 29.9 Å². The number of hydrogen-bond donors (Lipinski definition) is 0. The average molecular weight is 397 g/mol. The van der Waals surface area contributed by atoms with Crippen LogP contribution in [0.15, 0.2) is 41.4 Å². The molecular weight excluding hydrogens is 372 g/mol. The quantitative estimate of drug-likeness (QED) is 0.650. The van der Waals surface area contributed by atoms with E-state index in [1.807, 2.05) is 64.1 Å². The monoisotopic (exact) mass is 396 g/mol. The molecular formula is C22H24N2O3S. The number of carbonyl (C=O) groups excluding carboxylic acids is 1. The number of aliphatic imine (C=N–C) groups is 1. The second-order valence-electron chi connectivity index (χ2n) is 6.56. The highest BCUT2D eigenvalue weighted by Gasteiger charge is 2.32. The summed E-state index contributed by atoms with van der Waals surface area (Å²) in [6.07, 6.45) is 0.349. The molecule has 28 heavy (non-hydrogen) atoms. The number of carbonyl (C=O) groups is 1. The molecule has 2 aromatic rings. The number of nitrogens with zero attached hydrogens (tertiary/aromatic N) is 2. The molecule has 3 rings (SSSR count).